The highest BCUT2D eigenvalue weighted by Crippen LogP contribution is 2.23. The molecular weight excluding hydrogens is 250 g/mol. The predicted molar refractivity (Wildman–Crippen MR) is 68.8 cm³/mol. The summed E-state index contributed by atoms with van der Waals surface area (Å²) >= 11 is 1.38. The van der Waals surface area contributed by atoms with Crippen LogP contribution in [-0.2, 0) is 19.4 Å². The fourth-order valence-electron chi connectivity index (χ4n) is 1.85. The van der Waals surface area contributed by atoms with Gasteiger partial charge in [0.05, 0.1) is 16.6 Å². The van der Waals surface area contributed by atoms with Gasteiger partial charge in [0.15, 0.2) is 0 Å². The van der Waals surface area contributed by atoms with Crippen LogP contribution in [0.5, 0.6) is 0 Å². The number of nitrogens with zero attached hydrogens (tertiary/aromatic N) is 5. The molecule has 2 aromatic rings. The maximum atomic E-state index is 5.64. The van der Waals surface area contributed by atoms with Crippen molar-refractivity contribution in [3.63, 3.8) is 0 Å². The van der Waals surface area contributed by atoms with E-state index in [1.165, 1.54) is 11.5 Å². The van der Waals surface area contributed by atoms with E-state index in [9.17, 15) is 0 Å². The lowest BCUT2D eigenvalue weighted by Gasteiger charge is -2.14. The smallest absolute Gasteiger partial charge is 0.138 e. The zero-order valence-corrected chi connectivity index (χ0v) is 11.3. The molecule has 0 amide bonds. The van der Waals surface area contributed by atoms with Crippen LogP contribution in [0.1, 0.15) is 36.3 Å². The number of nitrogens with two attached hydrogens (primary N) is 1. The summed E-state index contributed by atoms with van der Waals surface area (Å²) in [7, 11) is 0. The van der Waals surface area contributed by atoms with Gasteiger partial charge in [-0.25, -0.2) is 4.98 Å². The van der Waals surface area contributed by atoms with Gasteiger partial charge in [-0.1, -0.05) is 11.4 Å². The molecule has 0 saturated heterocycles. The van der Waals surface area contributed by atoms with Gasteiger partial charge in [-0.2, -0.15) is 5.10 Å². The predicted octanol–water partition coefficient (Wildman–Crippen LogP) is 0.459. The van der Waals surface area contributed by atoms with E-state index in [-0.39, 0.29) is 6.04 Å². The van der Waals surface area contributed by atoms with E-state index >= 15 is 0 Å². The van der Waals surface area contributed by atoms with Gasteiger partial charge in [0, 0.05) is 13.0 Å². The molecule has 0 bridgehead atoms. The Morgan fingerprint density at radius 2 is 2.33 bits per heavy atom. The monoisotopic (exact) mass is 267 g/mol. The fraction of sp³-hybridized carbons (Fsp3) is 0.600. The zero-order chi connectivity index (χ0) is 13.0. The number of hydrogen-bond acceptors (Lipinski definition) is 7. The van der Waals surface area contributed by atoms with E-state index in [0.29, 0.717) is 6.42 Å². The second-order valence-corrected chi connectivity index (χ2v) is 4.64. The highest BCUT2D eigenvalue weighted by atomic mass is 32.1. The molecule has 0 aliphatic carbocycles. The summed E-state index contributed by atoms with van der Waals surface area (Å²) < 4.78 is 5.85. The molecule has 7 nitrogen and oxygen atoms in total. The highest BCUT2D eigenvalue weighted by Gasteiger charge is 2.20. The van der Waals surface area contributed by atoms with Crippen molar-refractivity contribution in [1.82, 2.24) is 29.8 Å². The number of aryl methyl sites for hydroxylation is 2. The molecule has 2 aromatic heterocycles. The first-order valence-corrected chi connectivity index (χ1v) is 6.71. The Bertz CT molecular complexity index is 492. The molecule has 8 heteroatoms. The molecule has 1 unspecified atom stereocenters. The minimum absolute atomic E-state index is 0.0190. The van der Waals surface area contributed by atoms with Crippen LogP contribution < -0.4 is 11.3 Å². The lowest BCUT2D eigenvalue weighted by atomic mass is 10.1. The topological polar surface area (TPSA) is 94.5 Å². The first-order chi connectivity index (χ1) is 8.80. The first-order valence-electron chi connectivity index (χ1n) is 5.94. The molecule has 0 spiro atoms. The van der Waals surface area contributed by atoms with Crippen molar-refractivity contribution in [3.05, 3.63) is 22.7 Å². The summed E-state index contributed by atoms with van der Waals surface area (Å²) in [6, 6.07) is -0.0190. The van der Waals surface area contributed by atoms with Gasteiger partial charge < -0.3 is 0 Å². The van der Waals surface area contributed by atoms with Gasteiger partial charge in [0.25, 0.3) is 0 Å². The van der Waals surface area contributed by atoms with Gasteiger partial charge in [-0.3, -0.25) is 16.0 Å². The third-order valence-electron chi connectivity index (χ3n) is 2.82. The molecule has 0 fully saturated rings. The molecule has 3 N–H and O–H groups in total. The van der Waals surface area contributed by atoms with Gasteiger partial charge in [-0.05, 0) is 24.9 Å². The van der Waals surface area contributed by atoms with Gasteiger partial charge >= 0.3 is 0 Å². The van der Waals surface area contributed by atoms with Crippen LogP contribution in [0, 0.1) is 0 Å². The minimum atomic E-state index is -0.0190. The quantitative estimate of drug-likeness (QED) is 0.583. The van der Waals surface area contributed by atoms with E-state index in [0.717, 1.165) is 29.4 Å². The van der Waals surface area contributed by atoms with Crippen LogP contribution in [0.2, 0.25) is 0 Å². The lowest BCUT2D eigenvalue weighted by Crippen LogP contribution is -2.30. The Balaban J connectivity index is 2.20. The molecule has 0 saturated carbocycles. The van der Waals surface area contributed by atoms with E-state index in [1.54, 1.807) is 6.33 Å². The van der Waals surface area contributed by atoms with Crippen LogP contribution in [0.3, 0.4) is 0 Å². The van der Waals surface area contributed by atoms with Gasteiger partial charge in [0.1, 0.15) is 12.2 Å². The van der Waals surface area contributed by atoms with Crippen LogP contribution in [0.15, 0.2) is 6.33 Å². The summed E-state index contributed by atoms with van der Waals surface area (Å²) in [5.74, 6) is 6.55. The highest BCUT2D eigenvalue weighted by molar-refractivity contribution is 7.05. The number of aromatic nitrogens is 5. The zero-order valence-electron chi connectivity index (χ0n) is 10.5. The molecule has 1 atom stereocenters. The van der Waals surface area contributed by atoms with E-state index in [4.69, 9.17) is 5.84 Å². The van der Waals surface area contributed by atoms with Crippen LogP contribution in [0.25, 0.3) is 0 Å². The molecule has 2 heterocycles. The van der Waals surface area contributed by atoms with Crippen LogP contribution >= 0.6 is 11.5 Å². The van der Waals surface area contributed by atoms with Crippen LogP contribution in [-0.4, -0.2) is 24.4 Å². The standard InChI is InChI=1S/C10H17N7S/c1-3-7-10(18-16-15-7)8(14-11)5-9-12-6-13-17(9)4-2/h6,8,14H,3-5,11H2,1-2H3. The van der Waals surface area contributed by atoms with E-state index in [1.807, 2.05) is 11.6 Å². The summed E-state index contributed by atoms with van der Waals surface area (Å²) in [4.78, 5) is 5.33. The summed E-state index contributed by atoms with van der Waals surface area (Å²) in [5.41, 5.74) is 3.81. The molecule has 18 heavy (non-hydrogen) atoms. The molecule has 0 aromatic carbocycles. The third kappa shape index (κ3) is 2.55. The Hall–Kier alpha value is -1.38. The molecule has 0 aliphatic heterocycles. The maximum Gasteiger partial charge on any atom is 0.138 e. The second-order valence-electron chi connectivity index (χ2n) is 3.85. The lowest BCUT2D eigenvalue weighted by molar-refractivity contribution is 0.513. The minimum Gasteiger partial charge on any atom is -0.271 e. The SMILES string of the molecule is CCc1nnsc1C(Cc1ncnn1CC)NN. The first kappa shape index (κ1) is 13.1. The summed E-state index contributed by atoms with van der Waals surface area (Å²) in [6.45, 7) is 4.89. The normalized spacial score (nSPS) is 12.8. The van der Waals surface area contributed by atoms with Gasteiger partial charge in [0.2, 0.25) is 0 Å². The average Bonchev–Trinajstić information content (AvgIpc) is 3.03. The van der Waals surface area contributed by atoms with Crippen molar-refractivity contribution in [3.8, 4) is 0 Å². The fourth-order valence-corrected chi connectivity index (χ4v) is 2.64. The van der Waals surface area contributed by atoms with E-state index < -0.39 is 0 Å². The molecule has 2 rings (SSSR count). The Morgan fingerprint density at radius 3 is 3.00 bits per heavy atom. The molecule has 98 valence electrons. The molecular formula is C10H17N7S. The number of nitrogens with one attached hydrogen (secondary N) is 1. The largest absolute Gasteiger partial charge is 0.271 e. The van der Waals surface area contributed by atoms with Crippen molar-refractivity contribution in [2.45, 2.75) is 39.3 Å². The molecule has 0 aliphatic rings. The van der Waals surface area contributed by atoms with Crippen molar-refractivity contribution < 1.29 is 0 Å². The maximum absolute atomic E-state index is 5.64. The van der Waals surface area contributed by atoms with Gasteiger partial charge in [-0.15, -0.1) is 5.10 Å². The van der Waals surface area contributed by atoms with Crippen molar-refractivity contribution in [1.29, 1.82) is 0 Å². The number of rotatable bonds is 6. The Labute approximate surface area is 110 Å². The second kappa shape index (κ2) is 5.98. The van der Waals surface area contributed by atoms with Crippen molar-refractivity contribution >= 4 is 11.5 Å². The third-order valence-corrected chi connectivity index (χ3v) is 3.70. The number of hydrogen-bond donors (Lipinski definition) is 2. The van der Waals surface area contributed by atoms with Crippen molar-refractivity contribution in [2.75, 3.05) is 0 Å². The summed E-state index contributed by atoms with van der Waals surface area (Å²) in [5, 5.41) is 8.26. The summed E-state index contributed by atoms with van der Waals surface area (Å²) in [6.07, 6.45) is 3.10. The molecule has 0 radical (unpaired) electrons. The Kier molecular flexibility index (Phi) is 4.34. The van der Waals surface area contributed by atoms with E-state index in [2.05, 4.69) is 32.0 Å². The average molecular weight is 267 g/mol. The Morgan fingerprint density at radius 1 is 1.50 bits per heavy atom. The van der Waals surface area contributed by atoms with Crippen molar-refractivity contribution in [2.24, 2.45) is 5.84 Å². The number of hydrazine groups is 1. The van der Waals surface area contributed by atoms with Crippen LogP contribution in [0.4, 0.5) is 0 Å².